The van der Waals surface area contributed by atoms with Crippen molar-refractivity contribution in [3.05, 3.63) is 60.3 Å². The van der Waals surface area contributed by atoms with E-state index in [1.165, 1.54) is 6.92 Å². The van der Waals surface area contributed by atoms with Crippen LogP contribution in [0.2, 0.25) is 0 Å². The first-order valence-corrected chi connectivity index (χ1v) is 10.0. The Morgan fingerprint density at radius 2 is 1.73 bits per heavy atom. The van der Waals surface area contributed by atoms with Crippen molar-refractivity contribution in [2.24, 2.45) is 5.92 Å². The number of piperidine rings is 1. The number of hydrogen-bond acceptors (Lipinski definition) is 3. The summed E-state index contributed by atoms with van der Waals surface area (Å²) in [6.45, 7) is 2.50. The quantitative estimate of drug-likeness (QED) is 0.620. The van der Waals surface area contributed by atoms with Gasteiger partial charge in [-0.25, -0.2) is 0 Å². The first-order valence-electron chi connectivity index (χ1n) is 10.0. The van der Waals surface area contributed by atoms with E-state index in [2.05, 4.69) is 15.6 Å². The van der Waals surface area contributed by atoms with Crippen LogP contribution < -0.4 is 10.6 Å². The molecule has 2 heterocycles. The molecule has 7 nitrogen and oxygen atoms in total. The molecule has 0 spiro atoms. The van der Waals surface area contributed by atoms with E-state index in [9.17, 15) is 14.4 Å². The second-order valence-electron chi connectivity index (χ2n) is 7.62. The second-order valence-corrected chi connectivity index (χ2v) is 7.62. The van der Waals surface area contributed by atoms with Gasteiger partial charge < -0.3 is 20.5 Å². The summed E-state index contributed by atoms with van der Waals surface area (Å²) in [6.07, 6.45) is 3.39. The van der Waals surface area contributed by atoms with Gasteiger partial charge in [0.1, 0.15) is 0 Å². The molecule has 1 aliphatic heterocycles. The maximum Gasteiger partial charge on any atom is 0.253 e. The van der Waals surface area contributed by atoms with Gasteiger partial charge in [-0.15, -0.1) is 0 Å². The van der Waals surface area contributed by atoms with Crippen LogP contribution in [0.1, 0.15) is 30.1 Å². The smallest absolute Gasteiger partial charge is 0.253 e. The molecule has 1 fully saturated rings. The highest BCUT2D eigenvalue weighted by atomic mass is 16.2. The Balaban J connectivity index is 1.39. The van der Waals surface area contributed by atoms with E-state index in [0.717, 1.165) is 23.7 Å². The first kappa shape index (κ1) is 19.7. The maximum absolute atomic E-state index is 13.0. The number of aromatic nitrogens is 1. The van der Waals surface area contributed by atoms with Gasteiger partial charge >= 0.3 is 0 Å². The van der Waals surface area contributed by atoms with Crippen molar-refractivity contribution in [2.45, 2.75) is 19.8 Å². The van der Waals surface area contributed by atoms with Crippen molar-refractivity contribution in [1.29, 1.82) is 0 Å². The molecular weight excluding hydrogens is 380 g/mol. The summed E-state index contributed by atoms with van der Waals surface area (Å²) in [7, 11) is 0. The Bertz CT molecular complexity index is 1090. The van der Waals surface area contributed by atoms with Gasteiger partial charge in [-0.1, -0.05) is 0 Å². The van der Waals surface area contributed by atoms with Crippen LogP contribution >= 0.6 is 0 Å². The number of nitrogens with zero attached hydrogens (tertiary/aromatic N) is 1. The zero-order valence-corrected chi connectivity index (χ0v) is 16.8. The third kappa shape index (κ3) is 4.35. The SMILES string of the molecule is CC(=O)Nc1ccc(NC(=O)[C@@H]2CCCN(C(=O)c3ccc4[nH]ccc4c3)C2)cc1. The highest BCUT2D eigenvalue weighted by Crippen LogP contribution is 2.23. The van der Waals surface area contributed by atoms with Crippen LogP contribution in [0, 0.1) is 5.92 Å². The van der Waals surface area contributed by atoms with Crippen molar-refractivity contribution >= 4 is 40.0 Å². The number of rotatable bonds is 4. The van der Waals surface area contributed by atoms with E-state index < -0.39 is 0 Å². The minimum absolute atomic E-state index is 0.0461. The highest BCUT2D eigenvalue weighted by molar-refractivity contribution is 5.99. The van der Waals surface area contributed by atoms with E-state index in [-0.39, 0.29) is 23.6 Å². The molecule has 154 valence electrons. The zero-order valence-electron chi connectivity index (χ0n) is 16.8. The first-order chi connectivity index (χ1) is 14.5. The number of hydrogen-bond donors (Lipinski definition) is 3. The molecule has 1 aliphatic rings. The molecule has 0 radical (unpaired) electrons. The van der Waals surface area contributed by atoms with Gasteiger partial charge in [-0.05, 0) is 61.4 Å². The highest BCUT2D eigenvalue weighted by Gasteiger charge is 2.29. The number of anilines is 2. The van der Waals surface area contributed by atoms with Crippen molar-refractivity contribution in [1.82, 2.24) is 9.88 Å². The Hall–Kier alpha value is -3.61. The lowest BCUT2D eigenvalue weighted by Gasteiger charge is -2.32. The van der Waals surface area contributed by atoms with Crippen LogP contribution in [-0.4, -0.2) is 40.7 Å². The van der Waals surface area contributed by atoms with Crippen LogP contribution in [0.5, 0.6) is 0 Å². The summed E-state index contributed by atoms with van der Waals surface area (Å²) >= 11 is 0. The number of nitrogens with one attached hydrogen (secondary N) is 3. The molecule has 4 rings (SSSR count). The maximum atomic E-state index is 13.0. The molecule has 0 saturated carbocycles. The number of carbonyl (C=O) groups excluding carboxylic acids is 3. The number of benzene rings is 2. The van der Waals surface area contributed by atoms with Gasteiger partial charge in [0, 0.05) is 54.1 Å². The summed E-state index contributed by atoms with van der Waals surface area (Å²) in [5, 5.41) is 6.61. The van der Waals surface area contributed by atoms with Gasteiger partial charge in [0.25, 0.3) is 5.91 Å². The summed E-state index contributed by atoms with van der Waals surface area (Å²) in [5.41, 5.74) is 2.97. The van der Waals surface area contributed by atoms with E-state index in [0.29, 0.717) is 30.0 Å². The van der Waals surface area contributed by atoms with Crippen LogP contribution in [0.15, 0.2) is 54.7 Å². The lowest BCUT2D eigenvalue weighted by molar-refractivity contribution is -0.121. The summed E-state index contributed by atoms with van der Waals surface area (Å²) in [5.74, 6) is -0.542. The predicted molar refractivity (Wildman–Crippen MR) is 116 cm³/mol. The molecule has 2 aromatic carbocycles. The number of fused-ring (bicyclic) bond motifs is 1. The molecule has 1 atom stereocenters. The lowest BCUT2D eigenvalue weighted by Crippen LogP contribution is -2.43. The largest absolute Gasteiger partial charge is 0.361 e. The van der Waals surface area contributed by atoms with Gasteiger partial charge in [-0.3, -0.25) is 14.4 Å². The molecule has 30 heavy (non-hydrogen) atoms. The van der Waals surface area contributed by atoms with Crippen LogP contribution in [0.3, 0.4) is 0 Å². The summed E-state index contributed by atoms with van der Waals surface area (Å²) < 4.78 is 0. The molecule has 3 amide bonds. The molecule has 3 N–H and O–H groups in total. The number of carbonyl (C=O) groups is 3. The molecule has 7 heteroatoms. The molecule has 0 unspecified atom stereocenters. The molecule has 3 aromatic rings. The zero-order chi connectivity index (χ0) is 21.1. The number of H-pyrrole nitrogens is 1. The number of likely N-dealkylation sites (tertiary alicyclic amines) is 1. The van der Waals surface area contributed by atoms with Gasteiger partial charge in [0.2, 0.25) is 11.8 Å². The third-order valence-electron chi connectivity index (χ3n) is 5.35. The van der Waals surface area contributed by atoms with E-state index >= 15 is 0 Å². The minimum Gasteiger partial charge on any atom is -0.361 e. The van der Waals surface area contributed by atoms with E-state index in [1.807, 2.05) is 30.5 Å². The van der Waals surface area contributed by atoms with E-state index in [1.54, 1.807) is 29.2 Å². The molecule has 0 aliphatic carbocycles. The minimum atomic E-state index is -0.256. The van der Waals surface area contributed by atoms with Gasteiger partial charge in [0.05, 0.1) is 5.92 Å². The molecular formula is C23H24N4O3. The molecule has 0 bridgehead atoms. The van der Waals surface area contributed by atoms with Crippen LogP contribution in [0.25, 0.3) is 10.9 Å². The van der Waals surface area contributed by atoms with Gasteiger partial charge in [-0.2, -0.15) is 0 Å². The fourth-order valence-corrected chi connectivity index (χ4v) is 3.83. The summed E-state index contributed by atoms with van der Waals surface area (Å²) in [4.78, 5) is 41.7. The summed E-state index contributed by atoms with van der Waals surface area (Å²) in [6, 6.07) is 14.5. The van der Waals surface area contributed by atoms with Crippen molar-refractivity contribution in [3.8, 4) is 0 Å². The normalized spacial score (nSPS) is 16.3. The fraction of sp³-hybridized carbons (Fsp3) is 0.261. The average molecular weight is 404 g/mol. The van der Waals surface area contributed by atoms with Crippen LogP contribution in [0.4, 0.5) is 11.4 Å². The average Bonchev–Trinajstić information content (AvgIpc) is 3.22. The Labute approximate surface area is 174 Å². The topological polar surface area (TPSA) is 94.3 Å². The Morgan fingerprint density at radius 3 is 2.47 bits per heavy atom. The molecule has 1 saturated heterocycles. The molecule has 1 aromatic heterocycles. The number of aromatic amines is 1. The number of amides is 3. The van der Waals surface area contributed by atoms with Crippen molar-refractivity contribution in [2.75, 3.05) is 23.7 Å². The fourth-order valence-electron chi connectivity index (χ4n) is 3.83. The predicted octanol–water partition coefficient (Wildman–Crippen LogP) is 3.62. The van der Waals surface area contributed by atoms with Crippen molar-refractivity contribution < 1.29 is 14.4 Å². The Morgan fingerprint density at radius 1 is 1.00 bits per heavy atom. The second kappa shape index (κ2) is 8.41. The monoisotopic (exact) mass is 404 g/mol. The Kier molecular flexibility index (Phi) is 5.52. The van der Waals surface area contributed by atoms with Crippen molar-refractivity contribution in [3.63, 3.8) is 0 Å². The van der Waals surface area contributed by atoms with Crippen LogP contribution in [-0.2, 0) is 9.59 Å². The lowest BCUT2D eigenvalue weighted by atomic mass is 9.96. The standard InChI is InChI=1S/C23H24N4O3/c1-15(28)25-19-5-7-20(8-6-19)26-22(29)18-3-2-12-27(14-18)23(30)17-4-9-21-16(13-17)10-11-24-21/h4-11,13,18,24H,2-3,12,14H2,1H3,(H,25,28)(H,26,29)/t18-/m1/s1. The van der Waals surface area contributed by atoms with Gasteiger partial charge in [0.15, 0.2) is 0 Å². The third-order valence-corrected chi connectivity index (χ3v) is 5.35. The van der Waals surface area contributed by atoms with E-state index in [4.69, 9.17) is 0 Å².